The average molecular weight is 216 g/mol. The van der Waals surface area contributed by atoms with Crippen LogP contribution in [0.2, 0.25) is 0 Å². The summed E-state index contributed by atoms with van der Waals surface area (Å²) >= 11 is 0. The van der Waals surface area contributed by atoms with E-state index in [2.05, 4.69) is 30.1 Å². The van der Waals surface area contributed by atoms with Gasteiger partial charge in [0.2, 0.25) is 0 Å². The minimum Gasteiger partial charge on any atom is -0.310 e. The third-order valence-corrected chi connectivity index (χ3v) is 2.67. The number of terminal acetylenes is 1. The average Bonchev–Trinajstić information content (AvgIpc) is 2.31. The van der Waals surface area contributed by atoms with Crippen LogP contribution in [0.1, 0.15) is 43.4 Å². The molecule has 2 nitrogen and oxygen atoms in total. The molecule has 0 radical (unpaired) electrons. The van der Waals surface area contributed by atoms with Crippen LogP contribution in [0, 0.1) is 19.3 Å². The Morgan fingerprint density at radius 1 is 1.56 bits per heavy atom. The summed E-state index contributed by atoms with van der Waals surface area (Å²) in [6.07, 6.45) is 12.0. The Balaban J connectivity index is 2.75. The number of nitrogens with zero attached hydrogens (tertiary/aromatic N) is 1. The zero-order chi connectivity index (χ0) is 11.8. The number of hydrogen-bond acceptors (Lipinski definition) is 2. The summed E-state index contributed by atoms with van der Waals surface area (Å²) in [4.78, 5) is 4.19. The maximum absolute atomic E-state index is 5.33. The van der Waals surface area contributed by atoms with Crippen molar-refractivity contribution in [2.24, 2.45) is 0 Å². The first kappa shape index (κ1) is 12.7. The smallest absolute Gasteiger partial charge is 0.0347 e. The molecule has 1 heterocycles. The lowest BCUT2D eigenvalue weighted by molar-refractivity contribution is 0.502. The standard InChI is InChI=1S/C14H20N2/c1-4-6-7-14(16-9-5-2)13-11-15-10-8-12(13)3/h1,8,10-11,14,16H,5-7,9H2,2-3H3. The zero-order valence-corrected chi connectivity index (χ0v) is 10.2. The normalized spacial score (nSPS) is 12.1. The van der Waals surface area contributed by atoms with Gasteiger partial charge in [-0.1, -0.05) is 6.92 Å². The van der Waals surface area contributed by atoms with Crippen molar-refractivity contribution in [3.05, 3.63) is 29.6 Å². The fraction of sp³-hybridized carbons (Fsp3) is 0.500. The summed E-state index contributed by atoms with van der Waals surface area (Å²) in [5.41, 5.74) is 2.55. The Morgan fingerprint density at radius 3 is 3.00 bits per heavy atom. The molecule has 0 spiro atoms. The second kappa shape index (κ2) is 7.03. The molecule has 0 saturated carbocycles. The van der Waals surface area contributed by atoms with Gasteiger partial charge >= 0.3 is 0 Å². The molecule has 0 saturated heterocycles. The van der Waals surface area contributed by atoms with E-state index in [0.29, 0.717) is 6.04 Å². The van der Waals surface area contributed by atoms with E-state index >= 15 is 0 Å². The fourth-order valence-electron chi connectivity index (χ4n) is 1.75. The molecule has 0 aliphatic carbocycles. The molecular formula is C14H20N2. The van der Waals surface area contributed by atoms with Gasteiger partial charge in [-0.25, -0.2) is 0 Å². The Labute approximate surface area is 98.5 Å². The maximum Gasteiger partial charge on any atom is 0.0347 e. The number of rotatable bonds is 6. The highest BCUT2D eigenvalue weighted by Crippen LogP contribution is 2.20. The van der Waals surface area contributed by atoms with Crippen molar-refractivity contribution in [3.8, 4) is 12.3 Å². The lowest BCUT2D eigenvalue weighted by Crippen LogP contribution is -2.23. The van der Waals surface area contributed by atoms with Gasteiger partial charge in [0.25, 0.3) is 0 Å². The van der Waals surface area contributed by atoms with Gasteiger partial charge in [-0.15, -0.1) is 12.3 Å². The van der Waals surface area contributed by atoms with Gasteiger partial charge < -0.3 is 5.32 Å². The highest BCUT2D eigenvalue weighted by molar-refractivity contribution is 5.25. The molecule has 0 bridgehead atoms. The molecular weight excluding hydrogens is 196 g/mol. The fourth-order valence-corrected chi connectivity index (χ4v) is 1.75. The lowest BCUT2D eigenvalue weighted by atomic mass is 9.99. The summed E-state index contributed by atoms with van der Waals surface area (Å²) in [5, 5.41) is 3.53. The summed E-state index contributed by atoms with van der Waals surface area (Å²) < 4.78 is 0. The second-order valence-electron chi connectivity index (χ2n) is 3.98. The lowest BCUT2D eigenvalue weighted by Gasteiger charge is -2.19. The number of pyridine rings is 1. The van der Waals surface area contributed by atoms with Crippen LogP contribution in [0.4, 0.5) is 0 Å². The van der Waals surface area contributed by atoms with Gasteiger partial charge in [0.05, 0.1) is 0 Å². The van der Waals surface area contributed by atoms with Crippen LogP contribution in [-0.2, 0) is 0 Å². The molecule has 86 valence electrons. The third kappa shape index (κ3) is 3.67. The summed E-state index contributed by atoms with van der Waals surface area (Å²) in [5.74, 6) is 2.70. The van der Waals surface area contributed by atoms with Crippen molar-refractivity contribution >= 4 is 0 Å². The van der Waals surface area contributed by atoms with E-state index in [4.69, 9.17) is 6.42 Å². The van der Waals surface area contributed by atoms with E-state index < -0.39 is 0 Å². The SMILES string of the molecule is C#CCCC(NCCC)c1cnccc1C. The highest BCUT2D eigenvalue weighted by Gasteiger charge is 2.11. The molecule has 1 atom stereocenters. The van der Waals surface area contributed by atoms with E-state index in [1.54, 1.807) is 0 Å². The van der Waals surface area contributed by atoms with E-state index in [-0.39, 0.29) is 0 Å². The van der Waals surface area contributed by atoms with Crippen molar-refractivity contribution < 1.29 is 0 Å². The van der Waals surface area contributed by atoms with Gasteiger partial charge in [-0.2, -0.15) is 0 Å². The summed E-state index contributed by atoms with van der Waals surface area (Å²) in [7, 11) is 0. The number of aromatic nitrogens is 1. The van der Waals surface area contributed by atoms with Crippen LogP contribution < -0.4 is 5.32 Å². The zero-order valence-electron chi connectivity index (χ0n) is 10.2. The van der Waals surface area contributed by atoms with Gasteiger partial charge in [0, 0.05) is 24.9 Å². The summed E-state index contributed by atoms with van der Waals surface area (Å²) in [6, 6.07) is 2.39. The quantitative estimate of drug-likeness (QED) is 0.740. The minimum absolute atomic E-state index is 0.338. The molecule has 0 amide bonds. The van der Waals surface area contributed by atoms with Gasteiger partial charge in [0.15, 0.2) is 0 Å². The highest BCUT2D eigenvalue weighted by atomic mass is 14.9. The predicted molar refractivity (Wildman–Crippen MR) is 68.1 cm³/mol. The van der Waals surface area contributed by atoms with Crippen LogP contribution >= 0.6 is 0 Å². The van der Waals surface area contributed by atoms with Crippen LogP contribution in [0.25, 0.3) is 0 Å². The first-order chi connectivity index (χ1) is 7.79. The number of hydrogen-bond donors (Lipinski definition) is 1. The topological polar surface area (TPSA) is 24.9 Å². The largest absolute Gasteiger partial charge is 0.310 e. The molecule has 1 aromatic heterocycles. The van der Waals surface area contributed by atoms with E-state index in [1.807, 2.05) is 18.5 Å². The van der Waals surface area contributed by atoms with E-state index in [0.717, 1.165) is 25.8 Å². The maximum atomic E-state index is 5.33. The van der Waals surface area contributed by atoms with Crippen molar-refractivity contribution in [3.63, 3.8) is 0 Å². The Bertz CT molecular complexity index is 352. The first-order valence-electron chi connectivity index (χ1n) is 5.87. The van der Waals surface area contributed by atoms with Crippen molar-refractivity contribution in [2.75, 3.05) is 6.54 Å². The van der Waals surface area contributed by atoms with Gasteiger partial charge in [0.1, 0.15) is 0 Å². The Morgan fingerprint density at radius 2 is 2.38 bits per heavy atom. The predicted octanol–water partition coefficient (Wildman–Crippen LogP) is 2.84. The second-order valence-corrected chi connectivity index (χ2v) is 3.98. The molecule has 1 N–H and O–H groups in total. The van der Waals surface area contributed by atoms with E-state index in [9.17, 15) is 0 Å². The van der Waals surface area contributed by atoms with Crippen LogP contribution in [-0.4, -0.2) is 11.5 Å². The molecule has 1 rings (SSSR count). The van der Waals surface area contributed by atoms with Crippen molar-refractivity contribution in [1.29, 1.82) is 0 Å². The van der Waals surface area contributed by atoms with Crippen LogP contribution in [0.3, 0.4) is 0 Å². The summed E-state index contributed by atoms with van der Waals surface area (Å²) in [6.45, 7) is 5.30. The minimum atomic E-state index is 0.338. The molecule has 0 aromatic carbocycles. The van der Waals surface area contributed by atoms with Crippen LogP contribution in [0.15, 0.2) is 18.5 Å². The molecule has 1 aromatic rings. The molecule has 16 heavy (non-hydrogen) atoms. The molecule has 0 aliphatic rings. The Kier molecular flexibility index (Phi) is 5.60. The number of aryl methyl sites for hydroxylation is 1. The van der Waals surface area contributed by atoms with Gasteiger partial charge in [-0.05, 0) is 43.5 Å². The monoisotopic (exact) mass is 216 g/mol. The molecule has 0 aliphatic heterocycles. The van der Waals surface area contributed by atoms with Crippen molar-refractivity contribution in [1.82, 2.24) is 10.3 Å². The molecule has 1 unspecified atom stereocenters. The Hall–Kier alpha value is -1.33. The third-order valence-electron chi connectivity index (χ3n) is 2.67. The molecule has 0 fully saturated rings. The molecule has 2 heteroatoms. The van der Waals surface area contributed by atoms with Crippen LogP contribution in [0.5, 0.6) is 0 Å². The number of nitrogens with one attached hydrogen (secondary N) is 1. The van der Waals surface area contributed by atoms with Gasteiger partial charge in [-0.3, -0.25) is 4.98 Å². The first-order valence-corrected chi connectivity index (χ1v) is 5.87. The van der Waals surface area contributed by atoms with E-state index in [1.165, 1.54) is 11.1 Å². The van der Waals surface area contributed by atoms with Crippen molar-refractivity contribution in [2.45, 2.75) is 39.2 Å².